The van der Waals surface area contributed by atoms with Crippen LogP contribution in [0.5, 0.6) is 0 Å². The lowest BCUT2D eigenvalue weighted by Crippen LogP contribution is -2.29. The topological polar surface area (TPSA) is 42.7 Å². The molecule has 0 radical (unpaired) electrons. The van der Waals surface area contributed by atoms with E-state index in [1.807, 2.05) is 24.7 Å². The molecule has 0 atom stereocenters. The maximum atomic E-state index is 4.40. The summed E-state index contributed by atoms with van der Waals surface area (Å²) >= 11 is 0. The third kappa shape index (κ3) is 2.70. The number of aromatic nitrogens is 3. The maximum Gasteiger partial charge on any atom is 0.160 e. The van der Waals surface area contributed by atoms with E-state index in [-0.39, 0.29) is 24.8 Å². The minimum absolute atomic E-state index is 0. The van der Waals surface area contributed by atoms with Crippen LogP contribution in [0.1, 0.15) is 18.9 Å². The molecule has 3 rings (SSSR count). The van der Waals surface area contributed by atoms with Gasteiger partial charge in [0.25, 0.3) is 0 Å². The van der Waals surface area contributed by atoms with Crippen LogP contribution in [0.25, 0.3) is 11.2 Å². The first-order valence-electron chi connectivity index (χ1n) is 5.43. The Morgan fingerprint density at radius 2 is 1.94 bits per heavy atom. The molecular weight excluding hydrogens is 259 g/mol. The highest BCUT2D eigenvalue weighted by atomic mass is 35.5. The number of hydrogen-bond acceptors (Lipinski definition) is 3. The number of rotatable bonds is 1. The minimum Gasteiger partial charge on any atom is -0.317 e. The smallest absolute Gasteiger partial charge is 0.160 e. The number of halogens is 2. The summed E-state index contributed by atoms with van der Waals surface area (Å²) < 4.78 is 2.22. The maximum absolute atomic E-state index is 4.40. The average Bonchev–Trinajstić information content (AvgIpc) is 2.74. The lowest BCUT2D eigenvalue weighted by molar-refractivity contribution is 0.373. The van der Waals surface area contributed by atoms with E-state index in [1.54, 1.807) is 0 Å². The number of piperidine rings is 1. The molecule has 0 unspecified atom stereocenters. The molecule has 0 amide bonds. The van der Waals surface area contributed by atoms with Crippen molar-refractivity contribution in [2.75, 3.05) is 13.1 Å². The second-order valence-corrected chi connectivity index (χ2v) is 3.98. The molecule has 3 heterocycles. The van der Waals surface area contributed by atoms with Crippen molar-refractivity contribution >= 4 is 36.0 Å². The fraction of sp³-hybridized carbons (Fsp3) is 0.455. The van der Waals surface area contributed by atoms with Gasteiger partial charge < -0.3 is 9.88 Å². The summed E-state index contributed by atoms with van der Waals surface area (Å²) in [6.07, 6.45) is 6.10. The van der Waals surface area contributed by atoms with E-state index in [4.69, 9.17) is 0 Å². The third-order valence-electron chi connectivity index (χ3n) is 3.03. The van der Waals surface area contributed by atoms with Gasteiger partial charge in [-0.3, -0.25) is 0 Å². The van der Waals surface area contributed by atoms with Gasteiger partial charge in [-0.25, -0.2) is 9.97 Å². The number of fused-ring (bicyclic) bond motifs is 1. The Morgan fingerprint density at radius 3 is 2.71 bits per heavy atom. The van der Waals surface area contributed by atoms with E-state index < -0.39 is 0 Å². The molecule has 0 spiro atoms. The van der Waals surface area contributed by atoms with E-state index >= 15 is 0 Å². The highest BCUT2D eigenvalue weighted by Crippen LogP contribution is 2.22. The Labute approximate surface area is 113 Å². The first-order valence-corrected chi connectivity index (χ1v) is 5.43. The summed E-state index contributed by atoms with van der Waals surface area (Å²) in [6.45, 7) is 2.19. The van der Waals surface area contributed by atoms with Crippen LogP contribution in [0.3, 0.4) is 0 Å². The fourth-order valence-electron chi connectivity index (χ4n) is 2.22. The molecule has 4 nitrogen and oxygen atoms in total. The van der Waals surface area contributed by atoms with Gasteiger partial charge in [0.05, 0.1) is 6.33 Å². The molecule has 0 aromatic carbocycles. The monoisotopic (exact) mass is 274 g/mol. The van der Waals surface area contributed by atoms with Crippen LogP contribution in [0.15, 0.2) is 24.7 Å². The van der Waals surface area contributed by atoms with E-state index in [1.165, 1.54) is 12.8 Å². The van der Waals surface area contributed by atoms with Crippen LogP contribution in [-0.4, -0.2) is 27.6 Å². The fourth-order valence-corrected chi connectivity index (χ4v) is 2.22. The lowest BCUT2D eigenvalue weighted by atomic mass is 10.1. The van der Waals surface area contributed by atoms with Crippen molar-refractivity contribution in [3.05, 3.63) is 24.7 Å². The van der Waals surface area contributed by atoms with E-state index in [2.05, 4.69) is 19.9 Å². The quantitative estimate of drug-likeness (QED) is 0.867. The van der Waals surface area contributed by atoms with Gasteiger partial charge in [0.1, 0.15) is 5.52 Å². The van der Waals surface area contributed by atoms with Crippen molar-refractivity contribution in [2.24, 2.45) is 0 Å². The molecule has 1 aliphatic heterocycles. The zero-order valence-electron chi connectivity index (χ0n) is 9.37. The van der Waals surface area contributed by atoms with Gasteiger partial charge in [0, 0.05) is 12.2 Å². The molecule has 2 aromatic rings. The summed E-state index contributed by atoms with van der Waals surface area (Å²) in [5.74, 6) is 0. The van der Waals surface area contributed by atoms with Gasteiger partial charge in [0.15, 0.2) is 5.65 Å². The Morgan fingerprint density at radius 1 is 1.18 bits per heavy atom. The van der Waals surface area contributed by atoms with Crippen LogP contribution in [0, 0.1) is 0 Å². The normalized spacial score (nSPS) is 16.2. The summed E-state index contributed by atoms with van der Waals surface area (Å²) in [4.78, 5) is 8.77. The Kier molecular flexibility index (Phi) is 5.18. The summed E-state index contributed by atoms with van der Waals surface area (Å²) in [6, 6.07) is 4.51. The summed E-state index contributed by atoms with van der Waals surface area (Å²) in [5.41, 5.74) is 2.01. The Bertz CT molecular complexity index is 465. The van der Waals surface area contributed by atoms with Crippen molar-refractivity contribution in [1.82, 2.24) is 19.9 Å². The highest BCUT2D eigenvalue weighted by Gasteiger charge is 2.16. The largest absolute Gasteiger partial charge is 0.317 e. The molecule has 94 valence electrons. The molecule has 6 heteroatoms. The molecule has 0 bridgehead atoms. The zero-order valence-corrected chi connectivity index (χ0v) is 11.0. The standard InChI is InChI=1S/C11H14N4.2ClH/c1-2-10-11(13-5-1)15(8-14-10)9-3-6-12-7-4-9;;/h1-2,5,8-9,12H,3-4,6-7H2;2*1H. The van der Waals surface area contributed by atoms with Crippen LogP contribution < -0.4 is 5.32 Å². The number of nitrogens with zero attached hydrogens (tertiary/aromatic N) is 3. The van der Waals surface area contributed by atoms with Gasteiger partial charge >= 0.3 is 0 Å². The van der Waals surface area contributed by atoms with Gasteiger partial charge in [0.2, 0.25) is 0 Å². The van der Waals surface area contributed by atoms with E-state index in [0.29, 0.717) is 6.04 Å². The van der Waals surface area contributed by atoms with Crippen molar-refractivity contribution < 1.29 is 0 Å². The molecule has 1 aliphatic rings. The van der Waals surface area contributed by atoms with Gasteiger partial charge in [-0.15, -0.1) is 24.8 Å². The molecule has 17 heavy (non-hydrogen) atoms. The molecule has 1 fully saturated rings. The minimum atomic E-state index is 0. The number of nitrogens with one attached hydrogen (secondary N) is 1. The molecule has 1 N–H and O–H groups in total. The van der Waals surface area contributed by atoms with Crippen LogP contribution >= 0.6 is 24.8 Å². The second-order valence-electron chi connectivity index (χ2n) is 3.98. The average molecular weight is 275 g/mol. The molecule has 0 aliphatic carbocycles. The van der Waals surface area contributed by atoms with Crippen molar-refractivity contribution in [2.45, 2.75) is 18.9 Å². The zero-order chi connectivity index (χ0) is 10.1. The predicted molar refractivity (Wildman–Crippen MR) is 73.2 cm³/mol. The number of pyridine rings is 1. The summed E-state index contributed by atoms with van der Waals surface area (Å²) in [7, 11) is 0. The highest BCUT2D eigenvalue weighted by molar-refractivity contribution is 5.85. The van der Waals surface area contributed by atoms with Crippen molar-refractivity contribution in [1.29, 1.82) is 0 Å². The van der Waals surface area contributed by atoms with Gasteiger partial charge in [-0.2, -0.15) is 0 Å². The molecule has 2 aromatic heterocycles. The lowest BCUT2D eigenvalue weighted by Gasteiger charge is -2.23. The Hall–Kier alpha value is -0.840. The molecule has 0 saturated carbocycles. The van der Waals surface area contributed by atoms with Crippen LogP contribution in [0.4, 0.5) is 0 Å². The molecule has 1 saturated heterocycles. The van der Waals surface area contributed by atoms with Crippen molar-refractivity contribution in [3.63, 3.8) is 0 Å². The van der Waals surface area contributed by atoms with E-state index in [9.17, 15) is 0 Å². The molecular formula is C11H16Cl2N4. The third-order valence-corrected chi connectivity index (χ3v) is 3.03. The van der Waals surface area contributed by atoms with Crippen LogP contribution in [-0.2, 0) is 0 Å². The predicted octanol–water partition coefficient (Wildman–Crippen LogP) is 2.20. The van der Waals surface area contributed by atoms with Crippen LogP contribution in [0.2, 0.25) is 0 Å². The van der Waals surface area contributed by atoms with Gasteiger partial charge in [-0.05, 0) is 38.1 Å². The Balaban J connectivity index is 0.000000722. The first-order chi connectivity index (χ1) is 7.45. The van der Waals surface area contributed by atoms with E-state index in [0.717, 1.165) is 24.3 Å². The number of hydrogen-bond donors (Lipinski definition) is 1. The summed E-state index contributed by atoms with van der Waals surface area (Å²) in [5, 5.41) is 3.37. The number of imidazole rings is 1. The van der Waals surface area contributed by atoms with Crippen molar-refractivity contribution in [3.8, 4) is 0 Å². The second kappa shape index (κ2) is 6.19. The first kappa shape index (κ1) is 14.2. The van der Waals surface area contributed by atoms with Gasteiger partial charge in [-0.1, -0.05) is 0 Å². The SMILES string of the molecule is Cl.Cl.c1cnc2c(c1)ncn2C1CCNCC1.